The largest absolute Gasteiger partial charge is 0.444 e. The number of ether oxygens (including phenoxy) is 1. The molecule has 9 heteroatoms. The highest BCUT2D eigenvalue weighted by Crippen LogP contribution is 2.35. The minimum Gasteiger partial charge on any atom is -0.444 e. The molecule has 1 aliphatic heterocycles. The molecule has 1 atom stereocenters. The first-order chi connectivity index (χ1) is 13.7. The van der Waals surface area contributed by atoms with E-state index in [-0.39, 0.29) is 25.0 Å². The van der Waals surface area contributed by atoms with Gasteiger partial charge in [-0.15, -0.1) is 0 Å². The monoisotopic (exact) mass is 402 g/mol. The fourth-order valence-electron chi connectivity index (χ4n) is 3.37. The molecule has 0 bridgehead atoms. The zero-order valence-electron chi connectivity index (χ0n) is 16.7. The normalized spacial score (nSPS) is 16.1. The van der Waals surface area contributed by atoms with E-state index in [4.69, 9.17) is 4.74 Å². The summed E-state index contributed by atoms with van der Waals surface area (Å²) in [5, 5.41) is 18.1. The lowest BCUT2D eigenvalue weighted by molar-refractivity contribution is -0.115. The number of hydrogen-bond donors (Lipinski definition) is 5. The second-order valence-electron chi connectivity index (χ2n) is 8.00. The van der Waals surface area contributed by atoms with Crippen LogP contribution in [0.25, 0.3) is 10.9 Å². The standard InChI is InChI=1S/C20H26N4O5/c1-20(2,3)29-19(28)22-10-15(26)23-12-4-5-14-13(8-12)16-11(6-7-25)9-21-18(27)17(16)24-14/h4-5,8,11,24-25H,6-7,9-10H2,1-3H3,(H,21,27)(H,22,28)(H,23,26). The minimum absolute atomic E-state index is 0.0127. The van der Waals surface area contributed by atoms with Gasteiger partial charge in [0.1, 0.15) is 17.8 Å². The first-order valence-electron chi connectivity index (χ1n) is 9.49. The lowest BCUT2D eigenvalue weighted by atomic mass is 9.90. The molecular formula is C20H26N4O5. The summed E-state index contributed by atoms with van der Waals surface area (Å²) in [4.78, 5) is 39.2. The SMILES string of the molecule is CC(C)(C)OC(=O)NCC(=O)Nc1ccc2[nH]c3c(c2c1)C(CCO)CNC3=O. The number of hydrogen-bond acceptors (Lipinski definition) is 5. The van der Waals surface area contributed by atoms with Crippen molar-refractivity contribution >= 4 is 34.5 Å². The summed E-state index contributed by atoms with van der Waals surface area (Å²) < 4.78 is 5.10. The zero-order chi connectivity index (χ0) is 21.2. The van der Waals surface area contributed by atoms with Gasteiger partial charge in [-0.2, -0.15) is 0 Å². The number of aliphatic hydroxyl groups excluding tert-OH is 1. The predicted octanol–water partition coefficient (Wildman–Crippen LogP) is 1.84. The van der Waals surface area contributed by atoms with E-state index in [1.807, 2.05) is 0 Å². The van der Waals surface area contributed by atoms with Crippen LogP contribution in [-0.2, 0) is 9.53 Å². The predicted molar refractivity (Wildman–Crippen MR) is 108 cm³/mol. The van der Waals surface area contributed by atoms with Gasteiger partial charge in [0.15, 0.2) is 0 Å². The quantitative estimate of drug-likeness (QED) is 0.521. The molecule has 1 aliphatic rings. The maximum absolute atomic E-state index is 12.2. The third kappa shape index (κ3) is 4.86. The number of alkyl carbamates (subject to hydrolysis) is 1. The van der Waals surface area contributed by atoms with Gasteiger partial charge in [0.2, 0.25) is 5.91 Å². The molecule has 0 radical (unpaired) electrons. The summed E-state index contributed by atoms with van der Waals surface area (Å²) in [5.41, 5.74) is 2.01. The van der Waals surface area contributed by atoms with E-state index in [0.29, 0.717) is 24.3 Å². The van der Waals surface area contributed by atoms with Crippen molar-refractivity contribution in [3.05, 3.63) is 29.5 Å². The molecule has 29 heavy (non-hydrogen) atoms. The van der Waals surface area contributed by atoms with E-state index in [9.17, 15) is 19.5 Å². The number of amides is 3. The highest BCUT2D eigenvalue weighted by molar-refractivity contribution is 6.04. The van der Waals surface area contributed by atoms with E-state index in [2.05, 4.69) is 20.9 Å². The van der Waals surface area contributed by atoms with Crippen molar-refractivity contribution in [3.63, 3.8) is 0 Å². The lowest BCUT2D eigenvalue weighted by Gasteiger charge is -2.22. The summed E-state index contributed by atoms with van der Waals surface area (Å²) in [6.07, 6.45) is -0.142. The fourth-order valence-corrected chi connectivity index (χ4v) is 3.37. The molecule has 1 aromatic carbocycles. The van der Waals surface area contributed by atoms with Crippen LogP contribution in [0.15, 0.2) is 18.2 Å². The summed E-state index contributed by atoms with van der Waals surface area (Å²) in [6, 6.07) is 5.29. The fraction of sp³-hybridized carbons (Fsp3) is 0.450. The number of carbonyl (C=O) groups is 3. The molecule has 0 saturated carbocycles. The van der Waals surface area contributed by atoms with Crippen molar-refractivity contribution < 1.29 is 24.2 Å². The van der Waals surface area contributed by atoms with Crippen LogP contribution in [0.4, 0.5) is 10.5 Å². The van der Waals surface area contributed by atoms with E-state index in [1.54, 1.807) is 39.0 Å². The molecule has 0 fully saturated rings. The average Bonchev–Trinajstić information content (AvgIpc) is 3.01. The second-order valence-corrected chi connectivity index (χ2v) is 8.00. The Morgan fingerprint density at radius 1 is 1.31 bits per heavy atom. The van der Waals surface area contributed by atoms with Crippen LogP contribution in [-0.4, -0.2) is 53.3 Å². The van der Waals surface area contributed by atoms with Crippen LogP contribution in [0.5, 0.6) is 0 Å². The van der Waals surface area contributed by atoms with Crippen LogP contribution >= 0.6 is 0 Å². The maximum atomic E-state index is 12.2. The summed E-state index contributed by atoms with van der Waals surface area (Å²) in [7, 11) is 0. The Kier molecular flexibility index (Phi) is 5.78. The first-order valence-corrected chi connectivity index (χ1v) is 9.49. The maximum Gasteiger partial charge on any atom is 0.408 e. The van der Waals surface area contributed by atoms with Crippen LogP contribution in [0, 0.1) is 0 Å². The molecule has 0 saturated heterocycles. The van der Waals surface area contributed by atoms with Crippen LogP contribution in [0.3, 0.4) is 0 Å². The number of nitrogens with one attached hydrogen (secondary N) is 4. The van der Waals surface area contributed by atoms with Gasteiger partial charge in [0, 0.05) is 35.7 Å². The first kappa shape index (κ1) is 20.7. The zero-order valence-corrected chi connectivity index (χ0v) is 16.7. The highest BCUT2D eigenvalue weighted by Gasteiger charge is 2.29. The Balaban J connectivity index is 1.74. The third-order valence-corrected chi connectivity index (χ3v) is 4.54. The smallest absolute Gasteiger partial charge is 0.408 e. The van der Waals surface area contributed by atoms with Gasteiger partial charge in [-0.25, -0.2) is 4.79 Å². The van der Waals surface area contributed by atoms with Gasteiger partial charge < -0.3 is 30.8 Å². The number of aromatic nitrogens is 1. The number of rotatable bonds is 5. The van der Waals surface area contributed by atoms with Crippen LogP contribution < -0.4 is 16.0 Å². The van der Waals surface area contributed by atoms with Crippen LogP contribution in [0.2, 0.25) is 0 Å². The van der Waals surface area contributed by atoms with Gasteiger partial charge in [-0.1, -0.05) is 0 Å². The van der Waals surface area contributed by atoms with E-state index >= 15 is 0 Å². The molecule has 9 nitrogen and oxygen atoms in total. The number of benzene rings is 1. The molecule has 2 aromatic rings. The van der Waals surface area contributed by atoms with Crippen molar-refractivity contribution in [1.82, 2.24) is 15.6 Å². The molecular weight excluding hydrogens is 376 g/mol. The van der Waals surface area contributed by atoms with E-state index < -0.39 is 17.6 Å². The number of carbonyl (C=O) groups excluding carboxylic acids is 3. The van der Waals surface area contributed by atoms with Gasteiger partial charge in [-0.05, 0) is 51.0 Å². The van der Waals surface area contributed by atoms with Crippen molar-refractivity contribution in [2.24, 2.45) is 0 Å². The average molecular weight is 402 g/mol. The van der Waals surface area contributed by atoms with Gasteiger partial charge >= 0.3 is 6.09 Å². The molecule has 3 rings (SSSR count). The Labute approximate surface area is 168 Å². The second kappa shape index (κ2) is 8.12. The van der Waals surface area contributed by atoms with Crippen molar-refractivity contribution in [2.75, 3.05) is 25.0 Å². The molecule has 0 aliphatic carbocycles. The topological polar surface area (TPSA) is 133 Å². The molecule has 5 N–H and O–H groups in total. The Hall–Kier alpha value is -3.07. The molecule has 156 valence electrons. The molecule has 1 aromatic heterocycles. The number of anilines is 1. The molecule has 2 heterocycles. The highest BCUT2D eigenvalue weighted by atomic mass is 16.6. The Bertz CT molecular complexity index is 944. The molecule has 1 unspecified atom stereocenters. The third-order valence-electron chi connectivity index (χ3n) is 4.54. The van der Waals surface area contributed by atoms with Gasteiger partial charge in [0.05, 0.1) is 0 Å². The van der Waals surface area contributed by atoms with Gasteiger partial charge in [0.25, 0.3) is 5.91 Å². The summed E-state index contributed by atoms with van der Waals surface area (Å²) >= 11 is 0. The summed E-state index contributed by atoms with van der Waals surface area (Å²) in [6.45, 7) is 5.46. The summed E-state index contributed by atoms with van der Waals surface area (Å²) in [5.74, 6) is -0.594. The van der Waals surface area contributed by atoms with E-state index in [1.165, 1.54) is 0 Å². The number of fused-ring (bicyclic) bond motifs is 3. The number of H-pyrrole nitrogens is 1. The lowest BCUT2D eigenvalue weighted by Crippen LogP contribution is -2.37. The van der Waals surface area contributed by atoms with E-state index in [0.717, 1.165) is 16.5 Å². The van der Waals surface area contributed by atoms with Crippen LogP contribution in [0.1, 0.15) is 49.2 Å². The number of aromatic amines is 1. The van der Waals surface area contributed by atoms with Gasteiger partial charge in [-0.3, -0.25) is 9.59 Å². The van der Waals surface area contributed by atoms with Crippen molar-refractivity contribution in [1.29, 1.82) is 0 Å². The Morgan fingerprint density at radius 3 is 2.76 bits per heavy atom. The number of aliphatic hydroxyl groups is 1. The van der Waals surface area contributed by atoms with Crippen molar-refractivity contribution in [3.8, 4) is 0 Å². The molecule has 3 amide bonds. The van der Waals surface area contributed by atoms with Crippen molar-refractivity contribution in [2.45, 2.75) is 38.7 Å². The minimum atomic E-state index is -0.666. The Morgan fingerprint density at radius 2 is 2.07 bits per heavy atom. The molecule has 0 spiro atoms.